The molecule has 0 radical (unpaired) electrons. The highest BCUT2D eigenvalue weighted by molar-refractivity contribution is 7.80. The molecule has 2 N–H and O–H groups in total. The number of thiocarbonyl (C=S) groups is 1. The summed E-state index contributed by atoms with van der Waals surface area (Å²) in [6.45, 7) is 6.82. The Bertz CT molecular complexity index is 1200. The van der Waals surface area contributed by atoms with E-state index in [1.807, 2.05) is 30.7 Å². The number of carbonyl (C=O) groups is 1. The number of hydrogen-bond acceptors (Lipinski definition) is 5. The molecule has 0 spiro atoms. The molecule has 1 aliphatic carbocycles. The van der Waals surface area contributed by atoms with E-state index in [0.717, 1.165) is 53.3 Å². The number of thiophene rings is 1. The Morgan fingerprint density at radius 1 is 1.15 bits per heavy atom. The van der Waals surface area contributed by atoms with E-state index >= 15 is 0 Å². The number of nitrogens with zero attached hydrogens (tertiary/aromatic N) is 2. The minimum Gasteiger partial charge on any atom is -0.465 e. The smallest absolute Gasteiger partial charge is 0.341 e. The third-order valence-corrected chi connectivity index (χ3v) is 7.65. The van der Waals surface area contributed by atoms with Gasteiger partial charge in [0.15, 0.2) is 5.11 Å². The number of benzene rings is 1. The lowest BCUT2D eigenvalue weighted by Gasteiger charge is -2.12. The molecule has 6 nitrogen and oxygen atoms in total. The summed E-state index contributed by atoms with van der Waals surface area (Å²) in [4.78, 5) is 13.9. The number of carbonyl (C=O) groups excluding carboxylic acids is 1. The van der Waals surface area contributed by atoms with E-state index in [1.165, 1.54) is 29.5 Å². The summed E-state index contributed by atoms with van der Waals surface area (Å²) in [5.74, 6) is -0.307. The maximum absolute atomic E-state index is 12.6. The molecule has 3 aromatic rings. The largest absolute Gasteiger partial charge is 0.465 e. The van der Waals surface area contributed by atoms with Crippen molar-refractivity contribution in [1.29, 1.82) is 0 Å². The molecule has 0 fully saturated rings. The van der Waals surface area contributed by atoms with Crippen LogP contribution in [0, 0.1) is 20.8 Å². The number of methoxy groups -OCH3 is 1. The van der Waals surface area contributed by atoms with E-state index in [2.05, 4.69) is 29.7 Å². The van der Waals surface area contributed by atoms with Gasteiger partial charge in [0.05, 0.1) is 36.3 Å². The highest BCUT2D eigenvalue weighted by Gasteiger charge is 2.26. The quantitative estimate of drug-likeness (QED) is 0.273. The second kappa shape index (κ2) is 10.1. The molecule has 0 bridgehead atoms. The van der Waals surface area contributed by atoms with Crippen LogP contribution in [0.25, 0.3) is 0 Å². The van der Waals surface area contributed by atoms with Crippen LogP contribution in [0.2, 0.25) is 0 Å². The summed E-state index contributed by atoms with van der Waals surface area (Å²) in [7, 11) is 1.43. The first-order valence-electron chi connectivity index (χ1n) is 11.3. The SMILES string of the molecule is COC(=O)c1c(NC(=S)Nc2c(C)nn(Cc3ccccc3C)c2C)sc2c1CCCCC2. The van der Waals surface area contributed by atoms with Crippen LogP contribution in [0.3, 0.4) is 0 Å². The van der Waals surface area contributed by atoms with Crippen molar-refractivity contribution in [2.24, 2.45) is 0 Å². The second-order valence-electron chi connectivity index (χ2n) is 8.47. The maximum Gasteiger partial charge on any atom is 0.341 e. The van der Waals surface area contributed by atoms with E-state index in [-0.39, 0.29) is 5.97 Å². The molecule has 1 aromatic carbocycles. The van der Waals surface area contributed by atoms with Crippen LogP contribution < -0.4 is 10.6 Å². The van der Waals surface area contributed by atoms with Gasteiger partial charge in [-0.1, -0.05) is 30.7 Å². The van der Waals surface area contributed by atoms with Gasteiger partial charge in [0, 0.05) is 4.88 Å². The van der Waals surface area contributed by atoms with Crippen LogP contribution in [0.15, 0.2) is 24.3 Å². The molecule has 0 atom stereocenters. The number of ether oxygens (including phenoxy) is 1. The van der Waals surface area contributed by atoms with Crippen molar-refractivity contribution in [3.63, 3.8) is 0 Å². The van der Waals surface area contributed by atoms with Crippen LogP contribution in [0.5, 0.6) is 0 Å². The monoisotopic (exact) mass is 482 g/mol. The van der Waals surface area contributed by atoms with Gasteiger partial charge >= 0.3 is 5.97 Å². The van der Waals surface area contributed by atoms with Gasteiger partial charge in [0.25, 0.3) is 0 Å². The number of esters is 1. The van der Waals surface area contributed by atoms with Crippen molar-refractivity contribution in [2.75, 3.05) is 17.7 Å². The number of aromatic nitrogens is 2. The Morgan fingerprint density at radius 3 is 2.67 bits per heavy atom. The van der Waals surface area contributed by atoms with E-state index in [9.17, 15) is 4.79 Å². The van der Waals surface area contributed by atoms with Crippen LogP contribution >= 0.6 is 23.6 Å². The topological polar surface area (TPSA) is 68.2 Å². The predicted octanol–water partition coefficient (Wildman–Crippen LogP) is 5.78. The van der Waals surface area contributed by atoms with Gasteiger partial charge in [-0.25, -0.2) is 4.79 Å². The Labute approximate surface area is 204 Å². The molecule has 2 heterocycles. The maximum atomic E-state index is 12.6. The van der Waals surface area contributed by atoms with Gasteiger partial charge in [-0.15, -0.1) is 11.3 Å². The number of rotatable bonds is 5. The predicted molar refractivity (Wildman–Crippen MR) is 139 cm³/mol. The van der Waals surface area contributed by atoms with Crippen LogP contribution in [-0.2, 0) is 24.1 Å². The Kier molecular flexibility index (Phi) is 7.14. The first kappa shape index (κ1) is 23.4. The first-order valence-corrected chi connectivity index (χ1v) is 12.5. The van der Waals surface area contributed by atoms with E-state index < -0.39 is 0 Å². The Balaban J connectivity index is 1.55. The molecule has 0 aliphatic heterocycles. The number of fused-ring (bicyclic) bond motifs is 1. The fourth-order valence-corrected chi connectivity index (χ4v) is 5.93. The summed E-state index contributed by atoms with van der Waals surface area (Å²) in [6, 6.07) is 8.33. The summed E-state index contributed by atoms with van der Waals surface area (Å²) in [5, 5.41) is 12.5. The molecule has 0 saturated heterocycles. The molecule has 8 heteroatoms. The van der Waals surface area contributed by atoms with Gasteiger partial charge in [-0.05, 0) is 75.4 Å². The fourth-order valence-electron chi connectivity index (χ4n) is 4.38. The minimum atomic E-state index is -0.307. The lowest BCUT2D eigenvalue weighted by Crippen LogP contribution is -2.21. The van der Waals surface area contributed by atoms with Crippen LogP contribution in [0.1, 0.15) is 62.6 Å². The van der Waals surface area contributed by atoms with Gasteiger partial charge in [0.2, 0.25) is 0 Å². The van der Waals surface area contributed by atoms with Gasteiger partial charge in [0.1, 0.15) is 5.00 Å². The van der Waals surface area contributed by atoms with Gasteiger partial charge < -0.3 is 15.4 Å². The molecule has 0 amide bonds. The molecule has 0 unspecified atom stereocenters. The van der Waals surface area contributed by atoms with Crippen molar-refractivity contribution >= 4 is 45.3 Å². The van der Waals surface area contributed by atoms with Crippen LogP contribution in [-0.4, -0.2) is 28.0 Å². The van der Waals surface area contributed by atoms with E-state index in [4.69, 9.17) is 22.1 Å². The molecule has 2 aromatic heterocycles. The standard InChI is InChI=1S/C25H30N4O2S2/c1-15-10-8-9-11-18(15)14-29-17(3)22(16(2)28-29)26-25(32)27-23-21(24(30)31-4)19-12-6-5-7-13-20(19)33-23/h8-11H,5-7,12-14H2,1-4H3,(H2,26,27,32). The van der Waals surface area contributed by atoms with Crippen molar-refractivity contribution < 1.29 is 9.53 Å². The summed E-state index contributed by atoms with van der Waals surface area (Å²) in [6.07, 6.45) is 5.33. The zero-order valence-corrected chi connectivity index (χ0v) is 21.2. The average Bonchev–Trinajstić information content (AvgIpc) is 3.14. The molecular formula is C25H30N4O2S2. The molecule has 1 aliphatic rings. The van der Waals surface area contributed by atoms with E-state index in [1.54, 1.807) is 11.3 Å². The van der Waals surface area contributed by atoms with Crippen molar-refractivity contribution in [3.8, 4) is 0 Å². The zero-order chi connectivity index (χ0) is 23.5. The average molecular weight is 483 g/mol. The number of aryl methyl sites for hydroxylation is 3. The summed E-state index contributed by atoms with van der Waals surface area (Å²) < 4.78 is 7.10. The lowest BCUT2D eigenvalue weighted by molar-refractivity contribution is 0.0601. The number of anilines is 2. The number of nitrogens with one attached hydrogen (secondary N) is 2. The van der Waals surface area contributed by atoms with Crippen molar-refractivity contribution in [3.05, 3.63) is 62.8 Å². The number of hydrogen-bond donors (Lipinski definition) is 2. The first-order chi connectivity index (χ1) is 15.9. The van der Waals surface area contributed by atoms with Crippen LogP contribution in [0.4, 0.5) is 10.7 Å². The lowest BCUT2D eigenvalue weighted by atomic mass is 10.1. The highest BCUT2D eigenvalue weighted by atomic mass is 32.1. The Morgan fingerprint density at radius 2 is 1.91 bits per heavy atom. The normalized spacial score (nSPS) is 13.2. The third-order valence-electron chi connectivity index (χ3n) is 6.24. The van der Waals surface area contributed by atoms with E-state index in [0.29, 0.717) is 17.2 Å². The molecule has 0 saturated carbocycles. The summed E-state index contributed by atoms with van der Waals surface area (Å²) >= 11 is 7.26. The second-order valence-corrected chi connectivity index (χ2v) is 9.98. The van der Waals surface area contributed by atoms with Crippen molar-refractivity contribution in [1.82, 2.24) is 9.78 Å². The summed E-state index contributed by atoms with van der Waals surface area (Å²) in [5.41, 5.74) is 7.00. The third kappa shape index (κ3) is 4.96. The molecular weight excluding hydrogens is 452 g/mol. The molecule has 4 rings (SSSR count). The zero-order valence-electron chi connectivity index (χ0n) is 19.6. The molecule has 33 heavy (non-hydrogen) atoms. The highest BCUT2D eigenvalue weighted by Crippen LogP contribution is 2.38. The molecule has 174 valence electrons. The van der Waals surface area contributed by atoms with Gasteiger partial charge in [-0.3, -0.25) is 4.68 Å². The van der Waals surface area contributed by atoms with Crippen molar-refractivity contribution in [2.45, 2.75) is 59.4 Å². The fraction of sp³-hybridized carbons (Fsp3) is 0.400. The minimum absolute atomic E-state index is 0.307. The Hall–Kier alpha value is -2.71. The van der Waals surface area contributed by atoms with Gasteiger partial charge in [-0.2, -0.15) is 5.10 Å².